The lowest BCUT2D eigenvalue weighted by molar-refractivity contribution is -0.137. The number of nitrogens with one attached hydrogen (secondary N) is 1. The average Bonchev–Trinajstić information content (AvgIpc) is 3.21. The van der Waals surface area contributed by atoms with Gasteiger partial charge in [0.2, 0.25) is 0 Å². The summed E-state index contributed by atoms with van der Waals surface area (Å²) in [6, 6.07) is 12.8. The van der Waals surface area contributed by atoms with Crippen LogP contribution in [0, 0.1) is 0 Å². The SMILES string of the molecule is CS(=O)(=O)c1ccc(CCNC(=O)c2cc(-n3cccc3)cc(C(F)(F)F)c2)cc1. The van der Waals surface area contributed by atoms with E-state index < -0.39 is 27.5 Å². The molecule has 9 heteroatoms. The molecule has 0 aliphatic carbocycles. The molecule has 30 heavy (non-hydrogen) atoms. The van der Waals surface area contributed by atoms with Gasteiger partial charge in [0.15, 0.2) is 9.84 Å². The molecule has 0 spiro atoms. The van der Waals surface area contributed by atoms with E-state index in [1.54, 1.807) is 36.7 Å². The summed E-state index contributed by atoms with van der Waals surface area (Å²) in [7, 11) is -3.29. The maximum atomic E-state index is 13.3. The number of carbonyl (C=O) groups excluding carboxylic acids is 1. The van der Waals surface area contributed by atoms with E-state index in [9.17, 15) is 26.4 Å². The third-order valence-electron chi connectivity index (χ3n) is 4.46. The zero-order valence-corrected chi connectivity index (χ0v) is 16.8. The molecule has 5 nitrogen and oxygen atoms in total. The van der Waals surface area contributed by atoms with E-state index in [4.69, 9.17) is 0 Å². The predicted molar refractivity (Wildman–Crippen MR) is 106 cm³/mol. The van der Waals surface area contributed by atoms with Crippen LogP contribution in [-0.4, -0.2) is 31.7 Å². The van der Waals surface area contributed by atoms with E-state index in [0.29, 0.717) is 6.42 Å². The first-order valence-corrected chi connectivity index (χ1v) is 10.9. The highest BCUT2D eigenvalue weighted by Gasteiger charge is 2.32. The fraction of sp³-hybridized carbons (Fsp3) is 0.190. The topological polar surface area (TPSA) is 68.2 Å². The van der Waals surface area contributed by atoms with E-state index in [-0.39, 0.29) is 22.7 Å². The van der Waals surface area contributed by atoms with Crippen molar-refractivity contribution in [2.24, 2.45) is 0 Å². The van der Waals surface area contributed by atoms with Crippen LogP contribution in [0.3, 0.4) is 0 Å². The first kappa shape index (κ1) is 21.6. The van der Waals surface area contributed by atoms with Crippen LogP contribution in [-0.2, 0) is 22.4 Å². The molecule has 3 aromatic rings. The smallest absolute Gasteiger partial charge is 0.352 e. The number of nitrogens with zero attached hydrogens (tertiary/aromatic N) is 1. The van der Waals surface area contributed by atoms with Crippen molar-refractivity contribution >= 4 is 15.7 Å². The largest absolute Gasteiger partial charge is 0.416 e. The Hall–Kier alpha value is -3.07. The van der Waals surface area contributed by atoms with Gasteiger partial charge in [-0.25, -0.2) is 8.42 Å². The lowest BCUT2D eigenvalue weighted by Gasteiger charge is -2.13. The quantitative estimate of drug-likeness (QED) is 0.638. The highest BCUT2D eigenvalue weighted by molar-refractivity contribution is 7.90. The maximum Gasteiger partial charge on any atom is 0.416 e. The number of hydrogen-bond acceptors (Lipinski definition) is 3. The Bertz CT molecular complexity index is 1140. The Morgan fingerprint density at radius 3 is 2.23 bits per heavy atom. The van der Waals surface area contributed by atoms with Gasteiger partial charge in [-0.05, 0) is 54.4 Å². The summed E-state index contributed by atoms with van der Waals surface area (Å²) in [5.74, 6) is -0.623. The summed E-state index contributed by atoms with van der Waals surface area (Å²) in [6.45, 7) is 0.187. The number of amides is 1. The number of rotatable bonds is 6. The molecule has 0 fully saturated rings. The summed E-state index contributed by atoms with van der Waals surface area (Å²) >= 11 is 0. The number of hydrogen-bond donors (Lipinski definition) is 1. The van der Waals surface area contributed by atoms with Gasteiger partial charge < -0.3 is 9.88 Å². The summed E-state index contributed by atoms with van der Waals surface area (Å²) < 4.78 is 64.2. The summed E-state index contributed by atoms with van der Waals surface area (Å²) in [4.78, 5) is 12.6. The molecule has 0 aliphatic rings. The molecule has 0 radical (unpaired) electrons. The molecule has 1 N–H and O–H groups in total. The second-order valence-electron chi connectivity index (χ2n) is 6.78. The molecular formula is C21H19F3N2O3S. The third-order valence-corrected chi connectivity index (χ3v) is 5.59. The Labute approximate surface area is 172 Å². The summed E-state index contributed by atoms with van der Waals surface area (Å²) in [5, 5.41) is 2.61. The molecule has 0 aliphatic heterocycles. The first-order chi connectivity index (χ1) is 14.0. The Balaban J connectivity index is 1.72. The third kappa shape index (κ3) is 5.29. The number of benzene rings is 2. The van der Waals surface area contributed by atoms with Crippen molar-refractivity contribution in [2.75, 3.05) is 12.8 Å². The van der Waals surface area contributed by atoms with E-state index in [2.05, 4.69) is 5.32 Å². The first-order valence-electron chi connectivity index (χ1n) is 8.97. The lowest BCUT2D eigenvalue weighted by Crippen LogP contribution is -2.26. The maximum absolute atomic E-state index is 13.3. The van der Waals surface area contributed by atoms with Crippen molar-refractivity contribution in [1.82, 2.24) is 9.88 Å². The van der Waals surface area contributed by atoms with Gasteiger partial charge in [-0.1, -0.05) is 12.1 Å². The minimum absolute atomic E-state index is 0.0963. The van der Waals surface area contributed by atoms with Crippen LogP contribution in [0.2, 0.25) is 0 Å². The molecule has 2 aromatic carbocycles. The standard InChI is InChI=1S/C21H19F3N2O3S/c1-30(28,29)19-6-4-15(5-7-19)8-9-25-20(27)16-12-17(21(22,23)24)14-18(13-16)26-10-2-3-11-26/h2-7,10-14H,8-9H2,1H3,(H,25,27). The van der Waals surface area contributed by atoms with Crippen LogP contribution in [0.4, 0.5) is 13.2 Å². The van der Waals surface area contributed by atoms with Crippen molar-refractivity contribution in [3.05, 3.63) is 83.7 Å². The molecule has 3 rings (SSSR count). The van der Waals surface area contributed by atoms with Crippen LogP contribution >= 0.6 is 0 Å². The molecule has 0 saturated heterocycles. The van der Waals surface area contributed by atoms with Crippen molar-refractivity contribution in [2.45, 2.75) is 17.5 Å². The zero-order chi connectivity index (χ0) is 21.9. The van der Waals surface area contributed by atoms with Gasteiger partial charge in [0.05, 0.1) is 10.5 Å². The molecule has 0 bridgehead atoms. The number of sulfone groups is 1. The second kappa shape index (κ2) is 8.35. The molecular weight excluding hydrogens is 417 g/mol. The molecule has 0 saturated carbocycles. The average molecular weight is 436 g/mol. The molecule has 158 valence electrons. The fourth-order valence-electron chi connectivity index (χ4n) is 2.89. The fourth-order valence-corrected chi connectivity index (χ4v) is 3.52. The van der Waals surface area contributed by atoms with Gasteiger partial charge in [0, 0.05) is 36.4 Å². The zero-order valence-electron chi connectivity index (χ0n) is 16.0. The molecule has 1 aromatic heterocycles. The Morgan fingerprint density at radius 2 is 1.67 bits per heavy atom. The van der Waals surface area contributed by atoms with Crippen LogP contribution in [0.1, 0.15) is 21.5 Å². The number of carbonyl (C=O) groups is 1. The molecule has 1 amide bonds. The predicted octanol–water partition coefficient (Wildman–Crippen LogP) is 3.87. The van der Waals surface area contributed by atoms with Gasteiger partial charge in [0.1, 0.15) is 0 Å². The van der Waals surface area contributed by atoms with Crippen LogP contribution < -0.4 is 5.32 Å². The summed E-state index contributed by atoms with van der Waals surface area (Å²) in [6.07, 6.45) is 0.118. The van der Waals surface area contributed by atoms with Gasteiger partial charge in [-0.15, -0.1) is 0 Å². The van der Waals surface area contributed by atoms with Gasteiger partial charge >= 0.3 is 6.18 Å². The Kier molecular flexibility index (Phi) is 6.02. The highest BCUT2D eigenvalue weighted by Crippen LogP contribution is 2.31. The summed E-state index contributed by atoms with van der Waals surface area (Å²) in [5.41, 5.74) is 0.0206. The second-order valence-corrected chi connectivity index (χ2v) is 8.79. The Morgan fingerprint density at radius 1 is 1.03 bits per heavy atom. The molecule has 0 unspecified atom stereocenters. The van der Waals surface area contributed by atoms with Crippen molar-refractivity contribution in [3.8, 4) is 5.69 Å². The van der Waals surface area contributed by atoms with E-state index in [0.717, 1.165) is 24.0 Å². The van der Waals surface area contributed by atoms with Crippen molar-refractivity contribution in [3.63, 3.8) is 0 Å². The van der Waals surface area contributed by atoms with Gasteiger partial charge in [-0.2, -0.15) is 13.2 Å². The number of alkyl halides is 3. The lowest BCUT2D eigenvalue weighted by atomic mass is 10.1. The monoisotopic (exact) mass is 436 g/mol. The van der Waals surface area contributed by atoms with Crippen LogP contribution in [0.25, 0.3) is 5.69 Å². The molecule has 0 atom stereocenters. The number of halogens is 3. The van der Waals surface area contributed by atoms with Crippen LogP contribution in [0.5, 0.6) is 0 Å². The highest BCUT2D eigenvalue weighted by atomic mass is 32.2. The van der Waals surface area contributed by atoms with Crippen molar-refractivity contribution < 1.29 is 26.4 Å². The minimum Gasteiger partial charge on any atom is -0.352 e. The number of aromatic nitrogens is 1. The van der Waals surface area contributed by atoms with E-state index >= 15 is 0 Å². The normalized spacial score (nSPS) is 12.0. The van der Waals surface area contributed by atoms with E-state index in [1.165, 1.54) is 22.8 Å². The van der Waals surface area contributed by atoms with Crippen molar-refractivity contribution in [1.29, 1.82) is 0 Å². The van der Waals surface area contributed by atoms with Crippen LogP contribution in [0.15, 0.2) is 71.9 Å². The van der Waals surface area contributed by atoms with Gasteiger partial charge in [0.25, 0.3) is 5.91 Å². The van der Waals surface area contributed by atoms with E-state index in [1.807, 2.05) is 0 Å². The minimum atomic E-state index is -4.58. The molecule has 1 heterocycles. The van der Waals surface area contributed by atoms with Gasteiger partial charge in [-0.3, -0.25) is 4.79 Å².